The molecule has 162 valence electrons. The first kappa shape index (κ1) is 22.4. The number of aryl methyl sites for hydroxylation is 1. The number of nitrogens with zero attached hydrogens (tertiary/aromatic N) is 1. The molecular formula is C24H17Cl2FN2O2S. The number of anilines is 2. The molecule has 8 heteroatoms. The maximum atomic E-state index is 13.6. The smallest absolute Gasteiger partial charge is 0.283 e. The van der Waals surface area contributed by atoms with E-state index in [1.807, 2.05) is 24.3 Å². The van der Waals surface area contributed by atoms with E-state index in [0.29, 0.717) is 10.7 Å². The lowest BCUT2D eigenvalue weighted by Crippen LogP contribution is -2.32. The summed E-state index contributed by atoms with van der Waals surface area (Å²) in [7, 11) is 0. The van der Waals surface area contributed by atoms with E-state index in [0.717, 1.165) is 39.6 Å². The summed E-state index contributed by atoms with van der Waals surface area (Å²) < 4.78 is 13.6. The van der Waals surface area contributed by atoms with Gasteiger partial charge in [-0.25, -0.2) is 9.29 Å². The average molecular weight is 487 g/mol. The van der Waals surface area contributed by atoms with E-state index >= 15 is 0 Å². The molecule has 1 heterocycles. The maximum absolute atomic E-state index is 13.6. The highest BCUT2D eigenvalue weighted by Crippen LogP contribution is 2.38. The lowest BCUT2D eigenvalue weighted by atomic mass is 10.1. The van der Waals surface area contributed by atoms with Gasteiger partial charge in [-0.3, -0.25) is 9.59 Å². The molecule has 0 bridgehead atoms. The summed E-state index contributed by atoms with van der Waals surface area (Å²) >= 11 is 13.0. The Balaban J connectivity index is 1.73. The van der Waals surface area contributed by atoms with Gasteiger partial charge >= 0.3 is 0 Å². The molecule has 0 saturated heterocycles. The normalized spacial score (nSPS) is 13.8. The Morgan fingerprint density at radius 1 is 0.938 bits per heavy atom. The molecule has 0 fully saturated rings. The lowest BCUT2D eigenvalue weighted by molar-refractivity contribution is -0.120. The predicted octanol–water partition coefficient (Wildman–Crippen LogP) is 6.68. The van der Waals surface area contributed by atoms with Crippen molar-refractivity contribution in [1.82, 2.24) is 0 Å². The molecule has 32 heavy (non-hydrogen) atoms. The molecule has 3 aromatic carbocycles. The zero-order chi connectivity index (χ0) is 22.8. The SMILES string of the molecule is CCc1ccc(NC2=C(Sc3ccc(Cl)cc3)C(=O)N(c3ccc(F)c(Cl)c3)C2=O)cc1. The molecule has 4 nitrogen and oxygen atoms in total. The van der Waals surface area contributed by atoms with E-state index in [2.05, 4.69) is 12.2 Å². The van der Waals surface area contributed by atoms with Crippen LogP contribution in [-0.4, -0.2) is 11.8 Å². The van der Waals surface area contributed by atoms with Crippen LogP contribution in [0.5, 0.6) is 0 Å². The highest BCUT2D eigenvalue weighted by Gasteiger charge is 2.40. The van der Waals surface area contributed by atoms with Gasteiger partial charge in [0.05, 0.1) is 10.7 Å². The summed E-state index contributed by atoms with van der Waals surface area (Å²) in [4.78, 5) is 28.6. The van der Waals surface area contributed by atoms with E-state index in [1.54, 1.807) is 24.3 Å². The molecule has 3 aromatic rings. The molecule has 0 aliphatic carbocycles. The number of carbonyl (C=O) groups is 2. The second-order valence-electron chi connectivity index (χ2n) is 6.98. The molecule has 0 aromatic heterocycles. The lowest BCUT2D eigenvalue weighted by Gasteiger charge is -2.16. The van der Waals surface area contributed by atoms with Gasteiger partial charge in [0, 0.05) is 15.6 Å². The number of rotatable bonds is 6. The first-order valence-electron chi connectivity index (χ1n) is 9.75. The van der Waals surface area contributed by atoms with Crippen molar-refractivity contribution >= 4 is 58.2 Å². The molecule has 0 spiro atoms. The van der Waals surface area contributed by atoms with E-state index < -0.39 is 17.6 Å². The fraction of sp³-hybridized carbons (Fsp3) is 0.0833. The third kappa shape index (κ3) is 4.53. The summed E-state index contributed by atoms with van der Waals surface area (Å²) in [6.45, 7) is 2.05. The standard InChI is InChI=1S/C24H17Cl2FN2O2S/c1-2-14-3-7-16(8-4-14)28-21-22(32-18-10-5-15(25)6-11-18)24(31)29(23(21)30)17-9-12-20(27)19(26)13-17/h3-13,28H,2H2,1H3. The van der Waals surface area contributed by atoms with Crippen molar-refractivity contribution < 1.29 is 14.0 Å². The summed E-state index contributed by atoms with van der Waals surface area (Å²) in [5, 5.41) is 3.48. The monoisotopic (exact) mass is 486 g/mol. The van der Waals surface area contributed by atoms with Gasteiger partial charge in [0.2, 0.25) is 0 Å². The minimum Gasteiger partial charge on any atom is -0.350 e. The van der Waals surface area contributed by atoms with Gasteiger partial charge in [0.1, 0.15) is 16.4 Å². The Labute approximate surface area is 199 Å². The number of benzene rings is 3. The fourth-order valence-corrected chi connectivity index (χ4v) is 4.39. The Bertz CT molecular complexity index is 1230. The Hall–Kier alpha value is -2.80. The van der Waals surface area contributed by atoms with Crippen molar-refractivity contribution in [3.8, 4) is 0 Å². The number of nitrogens with one attached hydrogen (secondary N) is 1. The summed E-state index contributed by atoms with van der Waals surface area (Å²) in [6.07, 6.45) is 0.886. The molecule has 1 aliphatic rings. The largest absolute Gasteiger partial charge is 0.350 e. The minimum atomic E-state index is -0.632. The van der Waals surface area contributed by atoms with Gasteiger partial charge in [0.15, 0.2) is 0 Å². The molecular weight excluding hydrogens is 470 g/mol. The number of hydrogen-bond donors (Lipinski definition) is 1. The summed E-state index contributed by atoms with van der Waals surface area (Å²) in [5.74, 6) is -1.70. The van der Waals surface area contributed by atoms with E-state index in [-0.39, 0.29) is 21.3 Å². The van der Waals surface area contributed by atoms with E-state index in [9.17, 15) is 14.0 Å². The van der Waals surface area contributed by atoms with Gasteiger partial charge in [0.25, 0.3) is 11.8 Å². The van der Waals surface area contributed by atoms with Crippen LogP contribution in [-0.2, 0) is 16.0 Å². The van der Waals surface area contributed by atoms with Crippen molar-refractivity contribution in [3.63, 3.8) is 0 Å². The van der Waals surface area contributed by atoms with Crippen LogP contribution < -0.4 is 10.2 Å². The number of hydrogen-bond acceptors (Lipinski definition) is 4. The van der Waals surface area contributed by atoms with Crippen LogP contribution in [0.4, 0.5) is 15.8 Å². The molecule has 0 radical (unpaired) electrons. The van der Waals surface area contributed by atoms with Crippen LogP contribution in [0, 0.1) is 5.82 Å². The summed E-state index contributed by atoms with van der Waals surface area (Å²) in [6, 6.07) is 18.3. The van der Waals surface area contributed by atoms with Crippen molar-refractivity contribution in [2.45, 2.75) is 18.2 Å². The zero-order valence-electron chi connectivity index (χ0n) is 16.9. The van der Waals surface area contributed by atoms with Crippen LogP contribution in [0.15, 0.2) is 82.2 Å². The van der Waals surface area contributed by atoms with E-state index in [1.165, 1.54) is 12.1 Å². The quantitative estimate of drug-likeness (QED) is 0.394. The summed E-state index contributed by atoms with van der Waals surface area (Å²) in [5.41, 5.74) is 2.15. The van der Waals surface area contributed by atoms with Crippen LogP contribution in [0.2, 0.25) is 10.0 Å². The number of halogens is 3. The van der Waals surface area contributed by atoms with Gasteiger partial charge in [-0.15, -0.1) is 0 Å². The highest BCUT2D eigenvalue weighted by molar-refractivity contribution is 8.04. The van der Waals surface area contributed by atoms with Crippen LogP contribution in [0.3, 0.4) is 0 Å². The second-order valence-corrected chi connectivity index (χ2v) is 8.91. The molecule has 1 N–H and O–H groups in total. The number of carbonyl (C=O) groups excluding carboxylic acids is 2. The molecule has 1 aliphatic heterocycles. The fourth-order valence-electron chi connectivity index (χ4n) is 3.16. The van der Waals surface area contributed by atoms with Crippen molar-refractivity contribution in [2.24, 2.45) is 0 Å². The third-order valence-corrected chi connectivity index (χ3v) is 6.50. The van der Waals surface area contributed by atoms with Crippen molar-refractivity contribution in [1.29, 1.82) is 0 Å². The average Bonchev–Trinajstić information content (AvgIpc) is 3.01. The molecule has 2 amide bonds. The van der Waals surface area contributed by atoms with Gasteiger partial charge in [-0.2, -0.15) is 0 Å². The Morgan fingerprint density at radius 2 is 1.62 bits per heavy atom. The molecule has 4 rings (SSSR count). The van der Waals surface area contributed by atoms with E-state index in [4.69, 9.17) is 23.2 Å². The van der Waals surface area contributed by atoms with Gasteiger partial charge in [-0.1, -0.05) is 54.0 Å². The number of thioether (sulfide) groups is 1. The third-order valence-electron chi connectivity index (χ3n) is 4.87. The van der Waals surface area contributed by atoms with Crippen molar-refractivity contribution in [3.05, 3.63) is 98.8 Å². The van der Waals surface area contributed by atoms with Gasteiger partial charge in [-0.05, 0) is 66.6 Å². The zero-order valence-corrected chi connectivity index (χ0v) is 19.2. The molecule has 0 atom stereocenters. The van der Waals surface area contributed by atoms with Crippen LogP contribution >= 0.6 is 35.0 Å². The maximum Gasteiger partial charge on any atom is 0.283 e. The molecule has 0 saturated carbocycles. The first-order valence-corrected chi connectivity index (χ1v) is 11.3. The highest BCUT2D eigenvalue weighted by atomic mass is 35.5. The Kier molecular flexibility index (Phi) is 6.55. The first-order chi connectivity index (χ1) is 15.4. The van der Waals surface area contributed by atoms with Crippen LogP contribution in [0.25, 0.3) is 0 Å². The number of imide groups is 1. The predicted molar refractivity (Wildman–Crippen MR) is 128 cm³/mol. The molecule has 0 unspecified atom stereocenters. The topological polar surface area (TPSA) is 49.4 Å². The van der Waals surface area contributed by atoms with Crippen molar-refractivity contribution in [2.75, 3.05) is 10.2 Å². The van der Waals surface area contributed by atoms with Crippen LogP contribution in [0.1, 0.15) is 12.5 Å². The second kappa shape index (κ2) is 9.36. The number of amides is 2. The Morgan fingerprint density at radius 3 is 2.25 bits per heavy atom. The van der Waals surface area contributed by atoms with Gasteiger partial charge < -0.3 is 5.32 Å². The minimum absolute atomic E-state index is 0.139.